The fourth-order valence-corrected chi connectivity index (χ4v) is 7.46. The summed E-state index contributed by atoms with van der Waals surface area (Å²) in [5, 5.41) is 7.43. The van der Waals surface area contributed by atoms with E-state index in [9.17, 15) is 19.2 Å². The van der Waals surface area contributed by atoms with Gasteiger partial charge in [-0.05, 0) is 84.1 Å². The Kier molecular flexibility index (Phi) is 15.6. The second-order valence-corrected chi connectivity index (χ2v) is 15.4. The van der Waals surface area contributed by atoms with E-state index in [1.165, 1.54) is 6.92 Å². The summed E-state index contributed by atoms with van der Waals surface area (Å²) in [5.41, 5.74) is 14.5. The number of amides is 1. The number of carbonyl (C=O) groups is 4. The lowest BCUT2D eigenvalue weighted by molar-refractivity contribution is -0.142. The van der Waals surface area contributed by atoms with E-state index >= 15 is 0 Å². The van der Waals surface area contributed by atoms with Gasteiger partial charge in [0, 0.05) is 43.2 Å². The first-order valence-corrected chi connectivity index (χ1v) is 21.8. The van der Waals surface area contributed by atoms with Crippen LogP contribution in [0.15, 0.2) is 126 Å². The van der Waals surface area contributed by atoms with Crippen molar-refractivity contribution in [2.75, 3.05) is 18.1 Å². The van der Waals surface area contributed by atoms with E-state index in [1.807, 2.05) is 60.7 Å². The molecule has 5 aromatic rings. The van der Waals surface area contributed by atoms with Gasteiger partial charge < -0.3 is 29.2 Å². The Hall–Kier alpha value is -6.30. The third-order valence-corrected chi connectivity index (χ3v) is 10.5. The number of unbranched alkanes of at least 4 members (excludes halogenated alkanes) is 1. The second-order valence-electron chi connectivity index (χ2n) is 13.7. The van der Waals surface area contributed by atoms with Gasteiger partial charge in [0.15, 0.2) is 0 Å². The smallest absolute Gasteiger partial charge is 0.343 e. The van der Waals surface area contributed by atoms with Crippen LogP contribution in [0.2, 0.25) is 0 Å². The highest BCUT2D eigenvalue weighted by Gasteiger charge is 2.27. The molecule has 0 saturated heterocycles. The largest absolute Gasteiger partial charge is 0.492 e. The predicted molar refractivity (Wildman–Crippen MR) is 234 cm³/mol. The summed E-state index contributed by atoms with van der Waals surface area (Å²) in [4.78, 5) is 52.2. The minimum Gasteiger partial charge on any atom is -0.492 e. The average molecular weight is 845 g/mol. The summed E-state index contributed by atoms with van der Waals surface area (Å²) in [6.07, 6.45) is 1.26. The molecule has 6 rings (SSSR count). The maximum atomic E-state index is 14.0. The molecule has 0 spiro atoms. The molecule has 5 aromatic carbocycles. The van der Waals surface area contributed by atoms with Gasteiger partial charge in [-0.25, -0.2) is 10.3 Å². The molecule has 14 heteroatoms. The highest BCUT2D eigenvalue weighted by atomic mass is 32.7. The summed E-state index contributed by atoms with van der Waals surface area (Å²) in [6, 6.07) is 36.0. The normalized spacial score (nSPS) is 13.1. The van der Waals surface area contributed by atoms with Gasteiger partial charge >= 0.3 is 17.9 Å². The van der Waals surface area contributed by atoms with Crippen LogP contribution in [0.3, 0.4) is 0 Å². The Bertz CT molecular complexity index is 2340. The van der Waals surface area contributed by atoms with Gasteiger partial charge in [0.2, 0.25) is 5.91 Å². The van der Waals surface area contributed by atoms with Gasteiger partial charge in [-0.15, -0.1) is 11.4 Å². The highest BCUT2D eigenvalue weighted by Crippen LogP contribution is 2.37. The Balaban J connectivity index is 1.07. The van der Waals surface area contributed by atoms with E-state index < -0.39 is 11.9 Å². The Morgan fingerprint density at radius 3 is 2.10 bits per heavy atom. The number of carbonyl (C=O) groups excluding carboxylic acids is 4. The zero-order chi connectivity index (χ0) is 42.3. The Labute approximate surface area is 355 Å². The van der Waals surface area contributed by atoms with E-state index in [1.54, 1.807) is 76.9 Å². The third-order valence-electron chi connectivity index (χ3n) is 9.48. The molecule has 1 aliphatic rings. The fourth-order valence-electron chi connectivity index (χ4n) is 6.49. The van der Waals surface area contributed by atoms with E-state index in [0.29, 0.717) is 64.8 Å². The summed E-state index contributed by atoms with van der Waals surface area (Å²) in [6.45, 7) is 2.33. The molecule has 1 aliphatic heterocycles. The van der Waals surface area contributed by atoms with E-state index in [-0.39, 0.29) is 44.5 Å². The molecule has 0 aliphatic carbocycles. The van der Waals surface area contributed by atoms with Crippen LogP contribution >= 0.6 is 19.8 Å². The number of ether oxygens (including phenoxy) is 4. The molecule has 0 bridgehead atoms. The number of para-hydroxylation sites is 1. The molecule has 1 atom stereocenters. The minimum absolute atomic E-state index is 0.112. The Morgan fingerprint density at radius 2 is 1.40 bits per heavy atom. The number of fused-ring (bicyclic) bond motifs is 2. The van der Waals surface area contributed by atoms with Gasteiger partial charge in [0.25, 0.3) is 0 Å². The number of benzene rings is 5. The molecular weight excluding hydrogens is 800 g/mol. The van der Waals surface area contributed by atoms with Crippen molar-refractivity contribution in [1.29, 1.82) is 5.53 Å². The van der Waals surface area contributed by atoms with Crippen LogP contribution in [0.5, 0.6) is 17.2 Å². The standard InChI is InChI=1S/C46H45N4O8PS/c1-31(51)56-29-32-14-20-37(21-15-32)57-43(53)13-7-6-12-42(52)50-28-35-8-2-3-9-39(35)45(49-47)44(40-10-4-5-11-41(40)50)48-26-27-55-36-24-18-34(19-25-36)46(54)58-38-22-16-33(17-23-38)30-60-59/h2-5,8-11,14-25,47-48H,6-7,12-13,26-30,59H2,1H3/b45-44-,49-47?. The van der Waals surface area contributed by atoms with E-state index in [0.717, 1.165) is 28.0 Å². The monoisotopic (exact) mass is 844 g/mol. The fraction of sp³-hybridized carbons (Fsp3) is 0.217. The van der Waals surface area contributed by atoms with Crippen molar-refractivity contribution in [3.8, 4) is 17.2 Å². The second kappa shape index (κ2) is 21.6. The SMILES string of the molecule is CC(=O)OCc1ccc(OC(=O)CCCCC(=O)N2Cc3ccccc3/C(N=N)=C(/NCCOc3ccc(C(=O)Oc4ccc(CSP)cc4)cc3)c3ccccc32)cc1. The molecule has 12 nitrogen and oxygen atoms in total. The van der Waals surface area contributed by atoms with Crippen LogP contribution in [0.4, 0.5) is 5.69 Å². The summed E-state index contributed by atoms with van der Waals surface area (Å²) in [7, 11) is 2.62. The quantitative estimate of drug-likeness (QED) is 0.0286. The van der Waals surface area contributed by atoms with Crippen molar-refractivity contribution in [3.05, 3.63) is 155 Å². The molecular formula is C46H45N4O8PS. The molecule has 2 N–H and O–H groups in total. The van der Waals surface area contributed by atoms with E-state index in [4.69, 9.17) is 24.5 Å². The van der Waals surface area contributed by atoms with Gasteiger partial charge in [0.05, 0.1) is 23.5 Å². The lowest BCUT2D eigenvalue weighted by Gasteiger charge is -2.30. The molecule has 0 radical (unpaired) electrons. The minimum atomic E-state index is -0.468. The number of anilines is 1. The Morgan fingerprint density at radius 1 is 0.767 bits per heavy atom. The molecule has 308 valence electrons. The van der Waals surface area contributed by atoms with Crippen LogP contribution < -0.4 is 24.4 Å². The van der Waals surface area contributed by atoms with Crippen molar-refractivity contribution >= 4 is 60.7 Å². The summed E-state index contributed by atoms with van der Waals surface area (Å²) < 4.78 is 22.0. The van der Waals surface area contributed by atoms with Crippen molar-refractivity contribution in [2.24, 2.45) is 5.11 Å². The van der Waals surface area contributed by atoms with Gasteiger partial charge in [-0.2, -0.15) is 5.11 Å². The third kappa shape index (κ3) is 11.9. The number of nitrogens with one attached hydrogen (secondary N) is 2. The molecule has 0 aromatic heterocycles. The molecule has 1 unspecified atom stereocenters. The number of nitrogens with zero attached hydrogens (tertiary/aromatic N) is 2. The van der Waals surface area contributed by atoms with Crippen LogP contribution in [-0.2, 0) is 38.0 Å². The van der Waals surface area contributed by atoms with Crippen LogP contribution in [0, 0.1) is 5.53 Å². The molecule has 1 heterocycles. The molecule has 1 amide bonds. The van der Waals surface area contributed by atoms with E-state index in [2.05, 4.69) is 18.9 Å². The van der Waals surface area contributed by atoms with Crippen molar-refractivity contribution in [1.82, 2.24) is 5.32 Å². The number of hydrogen-bond acceptors (Lipinski definition) is 12. The van der Waals surface area contributed by atoms with Gasteiger partial charge in [0.1, 0.15) is 36.2 Å². The van der Waals surface area contributed by atoms with Crippen LogP contribution in [0.25, 0.3) is 11.4 Å². The lowest BCUT2D eigenvalue weighted by atomic mass is 9.95. The topological polar surface area (TPSA) is 157 Å². The van der Waals surface area contributed by atoms with Crippen LogP contribution in [-0.4, -0.2) is 37.0 Å². The van der Waals surface area contributed by atoms with Gasteiger partial charge in [-0.1, -0.05) is 75.2 Å². The highest BCUT2D eigenvalue weighted by molar-refractivity contribution is 8.43. The lowest BCUT2D eigenvalue weighted by Crippen LogP contribution is -2.33. The first-order valence-electron chi connectivity index (χ1n) is 19.3. The zero-order valence-corrected chi connectivity index (χ0v) is 35.0. The van der Waals surface area contributed by atoms with Crippen molar-refractivity contribution in [2.45, 2.75) is 51.5 Å². The van der Waals surface area contributed by atoms with Crippen LogP contribution in [0.1, 0.15) is 70.8 Å². The summed E-state index contributed by atoms with van der Waals surface area (Å²) in [5.74, 6) is 0.909. The molecule has 0 fully saturated rings. The summed E-state index contributed by atoms with van der Waals surface area (Å²) >= 11 is 1.64. The maximum absolute atomic E-state index is 14.0. The maximum Gasteiger partial charge on any atom is 0.343 e. The van der Waals surface area contributed by atoms with Crippen molar-refractivity contribution in [3.63, 3.8) is 0 Å². The predicted octanol–water partition coefficient (Wildman–Crippen LogP) is 9.53. The molecule has 0 saturated carbocycles. The number of rotatable bonds is 18. The zero-order valence-electron chi connectivity index (χ0n) is 33.1. The first kappa shape index (κ1) is 43.3. The van der Waals surface area contributed by atoms with Crippen molar-refractivity contribution < 1.29 is 38.1 Å². The van der Waals surface area contributed by atoms with Gasteiger partial charge in [-0.3, -0.25) is 14.4 Å². The molecule has 60 heavy (non-hydrogen) atoms. The number of esters is 3. The first-order chi connectivity index (χ1) is 29.2. The average Bonchev–Trinajstić information content (AvgIpc) is 3.26. The number of hydrogen-bond donors (Lipinski definition) is 2.